The van der Waals surface area contributed by atoms with E-state index in [2.05, 4.69) is 37.7 Å². The van der Waals surface area contributed by atoms with Crippen LogP contribution in [0.15, 0.2) is 28.7 Å². The van der Waals surface area contributed by atoms with Crippen molar-refractivity contribution in [1.29, 1.82) is 0 Å². The third kappa shape index (κ3) is 3.44. The lowest BCUT2D eigenvalue weighted by Gasteiger charge is -2.25. The van der Waals surface area contributed by atoms with E-state index in [1.165, 1.54) is 6.07 Å². The number of nitrogens with zero attached hydrogens (tertiary/aromatic N) is 2. The van der Waals surface area contributed by atoms with Gasteiger partial charge in [0.25, 0.3) is 0 Å². The monoisotopic (exact) mass is 352 g/mol. The van der Waals surface area contributed by atoms with Gasteiger partial charge in [-0.25, -0.2) is 9.07 Å². The fraction of sp³-hybridized carbons (Fsp3) is 0.400. The number of aromatic nitrogens is 2. The first-order valence-electron chi connectivity index (χ1n) is 7.05. The smallest absolute Gasteiger partial charge is 0.127 e. The molecule has 0 saturated heterocycles. The molecule has 6 heteroatoms. The molecule has 2 N–H and O–H groups in total. The van der Waals surface area contributed by atoms with Crippen molar-refractivity contribution in [3.63, 3.8) is 0 Å². The van der Waals surface area contributed by atoms with Gasteiger partial charge in [-0.05, 0) is 25.1 Å². The standard InChI is InChI=1S/C15H18BrFN4/c1-10-4-15-19-7-11(9-21(15)20-10)6-18-8-12-5-13(16)2-3-14(12)17/h2-5,11,18-19H,6-9H2,1H3/t11-/m1/s1. The highest BCUT2D eigenvalue weighted by Crippen LogP contribution is 2.18. The van der Waals surface area contributed by atoms with E-state index in [0.29, 0.717) is 18.0 Å². The minimum absolute atomic E-state index is 0.169. The van der Waals surface area contributed by atoms with Crippen molar-refractivity contribution in [2.24, 2.45) is 5.92 Å². The van der Waals surface area contributed by atoms with Crippen molar-refractivity contribution in [1.82, 2.24) is 15.1 Å². The van der Waals surface area contributed by atoms with Gasteiger partial charge in [-0.15, -0.1) is 0 Å². The van der Waals surface area contributed by atoms with Crippen molar-refractivity contribution in [2.75, 3.05) is 18.4 Å². The molecule has 0 radical (unpaired) electrons. The average molecular weight is 353 g/mol. The molecule has 3 rings (SSSR count). The molecule has 21 heavy (non-hydrogen) atoms. The minimum atomic E-state index is -0.169. The van der Waals surface area contributed by atoms with Gasteiger partial charge in [0.05, 0.1) is 5.69 Å². The van der Waals surface area contributed by atoms with Gasteiger partial charge < -0.3 is 10.6 Å². The number of rotatable bonds is 4. The van der Waals surface area contributed by atoms with E-state index >= 15 is 0 Å². The summed E-state index contributed by atoms with van der Waals surface area (Å²) >= 11 is 3.37. The minimum Gasteiger partial charge on any atom is -0.370 e. The van der Waals surface area contributed by atoms with Crippen LogP contribution in [0.1, 0.15) is 11.3 Å². The van der Waals surface area contributed by atoms with E-state index in [-0.39, 0.29) is 5.82 Å². The zero-order chi connectivity index (χ0) is 14.8. The number of hydrogen-bond acceptors (Lipinski definition) is 3. The molecule has 0 unspecified atom stereocenters. The third-order valence-corrected chi connectivity index (χ3v) is 4.15. The van der Waals surface area contributed by atoms with Crippen LogP contribution in [0.2, 0.25) is 0 Å². The van der Waals surface area contributed by atoms with E-state index < -0.39 is 0 Å². The Balaban J connectivity index is 1.53. The maximum Gasteiger partial charge on any atom is 0.127 e. The van der Waals surface area contributed by atoms with Crippen LogP contribution in [0.4, 0.5) is 10.2 Å². The molecule has 1 aliphatic rings. The molecule has 1 aromatic carbocycles. The molecule has 2 aromatic rings. The molecule has 1 aromatic heterocycles. The molecule has 0 fully saturated rings. The van der Waals surface area contributed by atoms with Crippen molar-refractivity contribution in [2.45, 2.75) is 20.0 Å². The molecule has 0 saturated carbocycles. The first-order valence-corrected chi connectivity index (χ1v) is 7.84. The van der Waals surface area contributed by atoms with E-state index in [1.807, 2.05) is 17.7 Å². The second-order valence-electron chi connectivity index (χ2n) is 5.47. The summed E-state index contributed by atoms with van der Waals surface area (Å²) in [6.45, 7) is 5.17. The Labute approximate surface area is 131 Å². The second-order valence-corrected chi connectivity index (χ2v) is 6.38. The summed E-state index contributed by atoms with van der Waals surface area (Å²) in [5.74, 6) is 1.37. The van der Waals surface area contributed by atoms with E-state index in [1.54, 1.807) is 6.07 Å². The van der Waals surface area contributed by atoms with Gasteiger partial charge in [-0.1, -0.05) is 15.9 Å². The van der Waals surface area contributed by atoms with Crippen molar-refractivity contribution in [3.05, 3.63) is 45.8 Å². The van der Waals surface area contributed by atoms with E-state index in [0.717, 1.165) is 35.6 Å². The lowest BCUT2D eigenvalue weighted by atomic mass is 10.1. The first-order chi connectivity index (χ1) is 10.1. The zero-order valence-corrected chi connectivity index (χ0v) is 13.5. The predicted octanol–water partition coefficient (Wildman–Crippen LogP) is 2.92. The maximum atomic E-state index is 13.6. The highest BCUT2D eigenvalue weighted by Gasteiger charge is 2.18. The van der Waals surface area contributed by atoms with E-state index in [9.17, 15) is 4.39 Å². The van der Waals surface area contributed by atoms with Gasteiger partial charge in [-0.2, -0.15) is 5.10 Å². The van der Waals surface area contributed by atoms with Crippen LogP contribution in [-0.2, 0) is 13.1 Å². The molecule has 0 amide bonds. The first kappa shape index (κ1) is 14.5. The van der Waals surface area contributed by atoms with Crippen LogP contribution >= 0.6 is 15.9 Å². The molecule has 1 aliphatic heterocycles. The topological polar surface area (TPSA) is 41.9 Å². The average Bonchev–Trinajstić information content (AvgIpc) is 2.82. The van der Waals surface area contributed by atoms with Crippen molar-refractivity contribution >= 4 is 21.7 Å². The molecule has 1 atom stereocenters. The Morgan fingerprint density at radius 1 is 1.48 bits per heavy atom. The quantitative estimate of drug-likeness (QED) is 0.888. The summed E-state index contributed by atoms with van der Waals surface area (Å²) in [7, 11) is 0. The lowest BCUT2D eigenvalue weighted by Crippen LogP contribution is -2.35. The fourth-order valence-corrected chi connectivity index (χ4v) is 3.02. The molecular formula is C15H18BrFN4. The molecule has 112 valence electrons. The summed E-state index contributed by atoms with van der Waals surface area (Å²) < 4.78 is 16.6. The number of hydrogen-bond donors (Lipinski definition) is 2. The number of anilines is 1. The van der Waals surface area contributed by atoms with Gasteiger partial charge in [0.2, 0.25) is 0 Å². The molecule has 4 nitrogen and oxygen atoms in total. The number of fused-ring (bicyclic) bond motifs is 1. The summed E-state index contributed by atoms with van der Waals surface area (Å²) in [6.07, 6.45) is 0. The highest BCUT2D eigenvalue weighted by atomic mass is 79.9. The number of nitrogens with one attached hydrogen (secondary N) is 2. The summed E-state index contributed by atoms with van der Waals surface area (Å²) in [5, 5.41) is 11.2. The summed E-state index contributed by atoms with van der Waals surface area (Å²) in [6, 6.07) is 7.07. The van der Waals surface area contributed by atoms with E-state index in [4.69, 9.17) is 0 Å². The fourth-order valence-electron chi connectivity index (χ4n) is 2.61. The lowest BCUT2D eigenvalue weighted by molar-refractivity contribution is 0.389. The predicted molar refractivity (Wildman–Crippen MR) is 84.8 cm³/mol. The Morgan fingerprint density at radius 2 is 2.33 bits per heavy atom. The Hall–Kier alpha value is -1.40. The second kappa shape index (κ2) is 6.15. The van der Waals surface area contributed by atoms with Gasteiger partial charge in [0.1, 0.15) is 11.6 Å². The number of benzene rings is 1. The third-order valence-electron chi connectivity index (χ3n) is 3.66. The Morgan fingerprint density at radius 3 is 3.19 bits per heavy atom. The van der Waals surface area contributed by atoms with Crippen LogP contribution in [0, 0.1) is 18.7 Å². The summed E-state index contributed by atoms with van der Waals surface area (Å²) in [5.41, 5.74) is 1.71. The maximum absolute atomic E-state index is 13.6. The highest BCUT2D eigenvalue weighted by molar-refractivity contribution is 9.10. The van der Waals surface area contributed by atoms with Gasteiger partial charge in [-0.3, -0.25) is 0 Å². The summed E-state index contributed by atoms with van der Waals surface area (Å²) in [4.78, 5) is 0. The molecular weight excluding hydrogens is 335 g/mol. The van der Waals surface area contributed by atoms with Crippen LogP contribution < -0.4 is 10.6 Å². The number of halogens is 2. The van der Waals surface area contributed by atoms with Crippen LogP contribution in [-0.4, -0.2) is 22.9 Å². The molecule has 0 spiro atoms. The normalized spacial score (nSPS) is 17.4. The zero-order valence-electron chi connectivity index (χ0n) is 11.9. The van der Waals surface area contributed by atoms with Gasteiger partial charge >= 0.3 is 0 Å². The molecule has 0 aliphatic carbocycles. The van der Waals surface area contributed by atoms with Gasteiger partial charge in [0.15, 0.2) is 0 Å². The molecule has 0 bridgehead atoms. The number of aryl methyl sites for hydroxylation is 1. The van der Waals surface area contributed by atoms with Gasteiger partial charge in [0, 0.05) is 48.2 Å². The SMILES string of the molecule is Cc1cc2n(n1)C[C@H](CNCc1cc(Br)ccc1F)CN2. The van der Waals surface area contributed by atoms with Crippen molar-refractivity contribution in [3.8, 4) is 0 Å². The largest absolute Gasteiger partial charge is 0.370 e. The van der Waals surface area contributed by atoms with Crippen molar-refractivity contribution < 1.29 is 4.39 Å². The van der Waals surface area contributed by atoms with Crippen LogP contribution in [0.3, 0.4) is 0 Å². The van der Waals surface area contributed by atoms with Crippen LogP contribution in [0.25, 0.3) is 0 Å². The molecule has 2 heterocycles. The van der Waals surface area contributed by atoms with Crippen LogP contribution in [0.5, 0.6) is 0 Å². The Bertz CT molecular complexity index is 641. The Kier molecular flexibility index (Phi) is 4.26.